The van der Waals surface area contributed by atoms with Crippen LogP contribution in [0.4, 0.5) is 23.7 Å². The molecule has 0 heterocycles. The number of hydrogen-bond acceptors (Lipinski definition) is 1. The van der Waals surface area contributed by atoms with E-state index < -0.39 is 17.8 Å². The fraction of sp³-hybridized carbons (Fsp3) is 0.125. The summed E-state index contributed by atoms with van der Waals surface area (Å²) in [5.41, 5.74) is -1.05. The highest BCUT2D eigenvalue weighted by Gasteiger charge is 2.31. The Labute approximate surface area is 91.0 Å². The molecule has 15 heavy (non-hydrogen) atoms. The Balaban J connectivity index is 3.11. The minimum Gasteiger partial charge on any atom is -0.465 e. The number of amides is 1. The quantitative estimate of drug-likeness (QED) is 0.828. The second kappa shape index (κ2) is 4.09. The maximum Gasteiger partial charge on any atom is 0.416 e. The number of carbonyl (C=O) groups is 1. The van der Waals surface area contributed by atoms with E-state index in [1.54, 1.807) is 0 Å². The molecule has 0 aliphatic carbocycles. The van der Waals surface area contributed by atoms with Crippen molar-refractivity contribution in [2.24, 2.45) is 0 Å². The zero-order valence-corrected chi connectivity index (χ0v) is 8.69. The van der Waals surface area contributed by atoms with E-state index >= 15 is 0 Å². The number of alkyl halides is 3. The molecule has 1 aromatic carbocycles. The summed E-state index contributed by atoms with van der Waals surface area (Å²) in [5.74, 6) is 0. The maximum atomic E-state index is 12.3. The van der Waals surface area contributed by atoms with E-state index in [0.29, 0.717) is 0 Å². The highest BCUT2D eigenvalue weighted by Crippen LogP contribution is 2.33. The van der Waals surface area contributed by atoms with Gasteiger partial charge in [-0.05, 0) is 18.2 Å². The van der Waals surface area contributed by atoms with E-state index in [4.69, 9.17) is 5.11 Å². The first-order valence-corrected chi connectivity index (χ1v) is 4.46. The van der Waals surface area contributed by atoms with Gasteiger partial charge in [-0.3, -0.25) is 5.32 Å². The van der Waals surface area contributed by atoms with E-state index in [1.807, 2.05) is 5.32 Å². The lowest BCUT2D eigenvalue weighted by Crippen LogP contribution is -2.10. The monoisotopic (exact) mass is 283 g/mol. The number of rotatable bonds is 1. The smallest absolute Gasteiger partial charge is 0.416 e. The second-order valence-electron chi connectivity index (χ2n) is 2.66. The lowest BCUT2D eigenvalue weighted by molar-refractivity contribution is -0.137. The van der Waals surface area contributed by atoms with Gasteiger partial charge in [0.05, 0.1) is 5.56 Å². The molecule has 1 amide bonds. The molecule has 7 heteroatoms. The molecule has 0 aliphatic heterocycles. The SMILES string of the molecule is O=C(O)Nc1cc(Br)cc(C(F)(F)F)c1. The lowest BCUT2D eigenvalue weighted by atomic mass is 10.2. The first kappa shape index (κ1) is 11.8. The molecular weight excluding hydrogens is 279 g/mol. The van der Waals surface area contributed by atoms with Crippen LogP contribution in [0.25, 0.3) is 0 Å². The minimum absolute atomic E-state index is 0.135. The molecule has 2 N–H and O–H groups in total. The molecule has 82 valence electrons. The molecule has 0 unspecified atom stereocenters. The van der Waals surface area contributed by atoms with Crippen molar-refractivity contribution in [2.75, 3.05) is 5.32 Å². The number of carboxylic acid groups (broad SMARTS) is 1. The third-order valence-electron chi connectivity index (χ3n) is 1.48. The summed E-state index contributed by atoms with van der Waals surface area (Å²) in [6.07, 6.45) is -5.92. The first-order valence-electron chi connectivity index (χ1n) is 3.67. The Morgan fingerprint density at radius 2 is 1.93 bits per heavy atom. The molecule has 0 atom stereocenters. The molecule has 0 saturated carbocycles. The van der Waals surface area contributed by atoms with E-state index in [-0.39, 0.29) is 10.2 Å². The molecule has 3 nitrogen and oxygen atoms in total. The number of anilines is 1. The zero-order chi connectivity index (χ0) is 11.6. The molecule has 1 rings (SSSR count). The van der Waals surface area contributed by atoms with Gasteiger partial charge in [0.25, 0.3) is 0 Å². The number of hydrogen-bond donors (Lipinski definition) is 2. The Bertz CT molecular complexity index is 392. The van der Waals surface area contributed by atoms with E-state index in [0.717, 1.165) is 12.1 Å². The number of nitrogens with one attached hydrogen (secondary N) is 1. The van der Waals surface area contributed by atoms with Crippen LogP contribution in [0.2, 0.25) is 0 Å². The number of halogens is 4. The summed E-state index contributed by atoms with van der Waals surface area (Å²) >= 11 is 2.86. The molecule has 0 fully saturated rings. The summed E-state index contributed by atoms with van der Waals surface area (Å²) in [6.45, 7) is 0. The first-order chi connectivity index (χ1) is 6.79. The van der Waals surface area contributed by atoms with Crippen LogP contribution in [0.5, 0.6) is 0 Å². The van der Waals surface area contributed by atoms with Crippen molar-refractivity contribution < 1.29 is 23.1 Å². The Morgan fingerprint density at radius 1 is 1.33 bits per heavy atom. The lowest BCUT2D eigenvalue weighted by Gasteiger charge is -2.09. The Hall–Kier alpha value is -1.24. The van der Waals surface area contributed by atoms with Crippen molar-refractivity contribution in [1.29, 1.82) is 0 Å². The van der Waals surface area contributed by atoms with Gasteiger partial charge >= 0.3 is 12.3 Å². The molecule has 0 bridgehead atoms. The normalized spacial score (nSPS) is 11.2. The van der Waals surface area contributed by atoms with Crippen molar-refractivity contribution in [1.82, 2.24) is 0 Å². The topological polar surface area (TPSA) is 49.3 Å². The van der Waals surface area contributed by atoms with Crippen LogP contribution in [-0.2, 0) is 6.18 Å². The van der Waals surface area contributed by atoms with Crippen molar-refractivity contribution >= 4 is 27.7 Å². The van der Waals surface area contributed by atoms with Crippen molar-refractivity contribution in [3.63, 3.8) is 0 Å². The van der Waals surface area contributed by atoms with Crippen LogP contribution >= 0.6 is 15.9 Å². The third kappa shape index (κ3) is 3.43. The minimum atomic E-state index is -4.50. The molecular formula is C8H5BrF3NO2. The van der Waals surface area contributed by atoms with Gasteiger partial charge in [-0.2, -0.15) is 13.2 Å². The highest BCUT2D eigenvalue weighted by atomic mass is 79.9. The van der Waals surface area contributed by atoms with Crippen molar-refractivity contribution in [2.45, 2.75) is 6.18 Å². The van der Waals surface area contributed by atoms with E-state index in [2.05, 4.69) is 15.9 Å². The third-order valence-corrected chi connectivity index (χ3v) is 1.93. The van der Waals surface area contributed by atoms with Crippen LogP contribution in [-0.4, -0.2) is 11.2 Å². The number of benzene rings is 1. The molecule has 1 aromatic rings. The van der Waals surface area contributed by atoms with Crippen LogP contribution in [0.1, 0.15) is 5.56 Å². The molecule has 0 saturated heterocycles. The van der Waals surface area contributed by atoms with Gasteiger partial charge in [0.15, 0.2) is 0 Å². The highest BCUT2D eigenvalue weighted by molar-refractivity contribution is 9.10. The largest absolute Gasteiger partial charge is 0.465 e. The predicted molar refractivity (Wildman–Crippen MR) is 50.8 cm³/mol. The predicted octanol–water partition coefficient (Wildman–Crippen LogP) is 3.56. The van der Waals surface area contributed by atoms with Crippen LogP contribution < -0.4 is 5.32 Å². The summed E-state index contributed by atoms with van der Waals surface area (Å²) in [7, 11) is 0. The maximum absolute atomic E-state index is 12.3. The second-order valence-corrected chi connectivity index (χ2v) is 3.57. The van der Waals surface area contributed by atoms with Gasteiger partial charge in [-0.15, -0.1) is 0 Å². The fourth-order valence-electron chi connectivity index (χ4n) is 0.949. The summed E-state index contributed by atoms with van der Waals surface area (Å²) in [5, 5.41) is 10.2. The van der Waals surface area contributed by atoms with Gasteiger partial charge in [0, 0.05) is 10.2 Å². The van der Waals surface area contributed by atoms with Gasteiger partial charge in [-0.25, -0.2) is 4.79 Å². The van der Waals surface area contributed by atoms with Crippen LogP contribution in [0, 0.1) is 0 Å². The van der Waals surface area contributed by atoms with Gasteiger partial charge < -0.3 is 5.11 Å². The average Bonchev–Trinajstić information content (AvgIpc) is 1.99. The van der Waals surface area contributed by atoms with E-state index in [1.165, 1.54) is 6.07 Å². The van der Waals surface area contributed by atoms with Gasteiger partial charge in [0.1, 0.15) is 0 Å². The van der Waals surface area contributed by atoms with Crippen LogP contribution in [0.3, 0.4) is 0 Å². The van der Waals surface area contributed by atoms with Crippen molar-refractivity contribution in [3.05, 3.63) is 28.2 Å². The summed E-state index contributed by atoms with van der Waals surface area (Å²) < 4.78 is 37.0. The van der Waals surface area contributed by atoms with E-state index in [9.17, 15) is 18.0 Å². The Kier molecular flexibility index (Phi) is 3.23. The Morgan fingerprint density at radius 3 is 2.40 bits per heavy atom. The molecule has 0 aliphatic rings. The standard InChI is InChI=1S/C8H5BrF3NO2/c9-5-1-4(8(10,11)12)2-6(3-5)13-7(14)15/h1-3,13H,(H,14,15). The van der Waals surface area contributed by atoms with Crippen LogP contribution in [0.15, 0.2) is 22.7 Å². The summed E-state index contributed by atoms with van der Waals surface area (Å²) in [6, 6.07) is 2.83. The van der Waals surface area contributed by atoms with Gasteiger partial charge in [-0.1, -0.05) is 15.9 Å². The molecule has 0 radical (unpaired) electrons. The fourth-order valence-corrected chi connectivity index (χ4v) is 1.44. The molecule has 0 aromatic heterocycles. The molecule has 0 spiro atoms. The summed E-state index contributed by atoms with van der Waals surface area (Å²) in [4.78, 5) is 10.2. The zero-order valence-electron chi connectivity index (χ0n) is 7.10. The van der Waals surface area contributed by atoms with Crippen molar-refractivity contribution in [3.8, 4) is 0 Å². The van der Waals surface area contributed by atoms with Gasteiger partial charge in [0.2, 0.25) is 0 Å². The average molecular weight is 284 g/mol.